The molecule has 0 saturated heterocycles. The van der Waals surface area contributed by atoms with Crippen LogP contribution < -0.4 is 18.9 Å². The van der Waals surface area contributed by atoms with Crippen LogP contribution in [0.2, 0.25) is 0 Å². The Kier molecular flexibility index (Phi) is 2.81. The summed E-state index contributed by atoms with van der Waals surface area (Å²) >= 11 is 0. The van der Waals surface area contributed by atoms with Gasteiger partial charge in [-0.05, 0) is 13.8 Å². The second-order valence-electron chi connectivity index (χ2n) is 5.52. The van der Waals surface area contributed by atoms with Crippen LogP contribution >= 0.6 is 0 Å². The molecule has 0 amide bonds. The Bertz CT molecular complexity index is 814. The molecule has 0 aliphatic carbocycles. The minimum Gasteiger partial charge on any atom is -0.504 e. The van der Waals surface area contributed by atoms with Crippen molar-refractivity contribution in [2.24, 2.45) is 0 Å². The number of ether oxygens (including phenoxy) is 4. The van der Waals surface area contributed by atoms with E-state index in [0.717, 1.165) is 0 Å². The van der Waals surface area contributed by atoms with Crippen molar-refractivity contribution in [3.63, 3.8) is 0 Å². The zero-order valence-electron chi connectivity index (χ0n) is 12.8. The molecule has 2 aliphatic rings. The number of hydrogen-bond acceptors (Lipinski definition) is 8. The van der Waals surface area contributed by atoms with Crippen molar-refractivity contribution in [2.75, 3.05) is 13.6 Å². The fourth-order valence-corrected chi connectivity index (χ4v) is 2.97. The highest BCUT2D eigenvalue weighted by Crippen LogP contribution is 2.61. The maximum atomic E-state index is 10.4. The van der Waals surface area contributed by atoms with Crippen molar-refractivity contribution >= 4 is 0 Å². The average Bonchev–Trinajstić information content (AvgIpc) is 3.23. The summed E-state index contributed by atoms with van der Waals surface area (Å²) < 4.78 is 21.5. The molecule has 2 aliphatic heterocycles. The van der Waals surface area contributed by atoms with Crippen molar-refractivity contribution in [3.05, 3.63) is 11.1 Å². The van der Waals surface area contributed by atoms with Crippen LogP contribution in [0.3, 0.4) is 0 Å². The molecular weight excluding hydrogens is 320 g/mol. The Balaban J connectivity index is 2.14. The van der Waals surface area contributed by atoms with Gasteiger partial charge in [-0.1, -0.05) is 0 Å². The van der Waals surface area contributed by atoms with Gasteiger partial charge in [-0.2, -0.15) is 0 Å². The number of phenolic OH excluding ortho intramolecular Hbond substituents is 4. The Hall–Kier alpha value is -3.16. The van der Waals surface area contributed by atoms with Crippen LogP contribution in [-0.2, 0) is 0 Å². The van der Waals surface area contributed by atoms with E-state index in [2.05, 4.69) is 0 Å². The Labute approximate surface area is 136 Å². The first kappa shape index (κ1) is 14.4. The van der Waals surface area contributed by atoms with Gasteiger partial charge >= 0.3 is 0 Å². The van der Waals surface area contributed by atoms with Gasteiger partial charge in [-0.3, -0.25) is 0 Å². The summed E-state index contributed by atoms with van der Waals surface area (Å²) in [6.07, 6.45) is 0. The lowest BCUT2D eigenvalue weighted by molar-refractivity contribution is 0.172. The summed E-state index contributed by atoms with van der Waals surface area (Å²) in [5, 5.41) is 41.2. The molecule has 0 spiro atoms. The van der Waals surface area contributed by atoms with E-state index in [1.54, 1.807) is 13.8 Å². The van der Waals surface area contributed by atoms with Crippen LogP contribution in [0, 0.1) is 13.8 Å². The van der Waals surface area contributed by atoms with E-state index in [1.165, 1.54) is 0 Å². The number of rotatable bonds is 1. The first-order valence-corrected chi connectivity index (χ1v) is 7.12. The second-order valence-corrected chi connectivity index (χ2v) is 5.52. The summed E-state index contributed by atoms with van der Waals surface area (Å²) in [6.45, 7) is 2.90. The van der Waals surface area contributed by atoms with E-state index in [1.807, 2.05) is 0 Å². The number of fused-ring (bicyclic) bond motifs is 2. The van der Waals surface area contributed by atoms with E-state index in [4.69, 9.17) is 18.9 Å². The van der Waals surface area contributed by atoms with Gasteiger partial charge in [-0.25, -0.2) is 0 Å². The summed E-state index contributed by atoms with van der Waals surface area (Å²) in [7, 11) is 0. The smallest absolute Gasteiger partial charge is 0.231 e. The van der Waals surface area contributed by atoms with Gasteiger partial charge < -0.3 is 39.4 Å². The van der Waals surface area contributed by atoms with E-state index in [0.29, 0.717) is 11.1 Å². The van der Waals surface area contributed by atoms with Crippen molar-refractivity contribution in [1.29, 1.82) is 0 Å². The van der Waals surface area contributed by atoms with Crippen molar-refractivity contribution in [1.82, 2.24) is 0 Å². The maximum Gasteiger partial charge on any atom is 0.231 e. The van der Waals surface area contributed by atoms with E-state index < -0.39 is 23.0 Å². The second kappa shape index (κ2) is 4.67. The van der Waals surface area contributed by atoms with Gasteiger partial charge in [0.2, 0.25) is 13.6 Å². The molecule has 8 nitrogen and oxygen atoms in total. The van der Waals surface area contributed by atoms with Gasteiger partial charge in [0.25, 0.3) is 0 Å². The Morgan fingerprint density at radius 1 is 0.542 bits per heavy atom. The fraction of sp³-hybridized carbons (Fsp3) is 0.250. The normalized spacial score (nSPS) is 14.2. The summed E-state index contributed by atoms with van der Waals surface area (Å²) in [4.78, 5) is 0. The number of hydrogen-bond donors (Lipinski definition) is 4. The topological polar surface area (TPSA) is 118 Å². The molecule has 0 bridgehead atoms. The zero-order chi connectivity index (χ0) is 17.2. The first-order valence-electron chi connectivity index (χ1n) is 7.12. The Morgan fingerprint density at radius 3 is 1.25 bits per heavy atom. The van der Waals surface area contributed by atoms with Crippen LogP contribution in [0.4, 0.5) is 0 Å². The largest absolute Gasteiger partial charge is 0.504 e. The quantitative estimate of drug-likeness (QED) is 0.587. The molecule has 0 unspecified atom stereocenters. The van der Waals surface area contributed by atoms with E-state index >= 15 is 0 Å². The maximum absolute atomic E-state index is 10.4. The lowest BCUT2D eigenvalue weighted by Gasteiger charge is -2.17. The van der Waals surface area contributed by atoms with Crippen molar-refractivity contribution in [2.45, 2.75) is 13.8 Å². The molecule has 24 heavy (non-hydrogen) atoms. The summed E-state index contributed by atoms with van der Waals surface area (Å²) in [5.41, 5.74) is 0.516. The van der Waals surface area contributed by atoms with Gasteiger partial charge in [0.1, 0.15) is 0 Å². The lowest BCUT2D eigenvalue weighted by Crippen LogP contribution is -1.95. The molecule has 0 atom stereocenters. The fourth-order valence-electron chi connectivity index (χ4n) is 2.97. The number of benzene rings is 2. The van der Waals surface area contributed by atoms with Gasteiger partial charge in [0.05, 0.1) is 11.1 Å². The summed E-state index contributed by atoms with van der Waals surface area (Å²) in [5.74, 6) is -1.11. The predicted octanol–water partition coefficient (Wildman–Crippen LogP) is 2.25. The zero-order valence-corrected chi connectivity index (χ0v) is 12.8. The molecule has 126 valence electrons. The molecule has 4 N–H and O–H groups in total. The minimum absolute atomic E-state index is 0.0415. The molecule has 8 heteroatoms. The molecule has 0 aromatic heterocycles. The Morgan fingerprint density at radius 2 is 0.875 bits per heavy atom. The third-order valence-corrected chi connectivity index (χ3v) is 4.24. The standard InChI is InChI=1S/C16H14O8/c1-5-9(17)11(19)7(15-13(5)21-3-23-15)8-12(20)10(18)6(2)14-16(8)24-4-22-14/h17-20H,3-4H2,1-2H3. The lowest BCUT2D eigenvalue weighted by atomic mass is 9.95. The van der Waals surface area contributed by atoms with Crippen molar-refractivity contribution in [3.8, 4) is 57.1 Å². The highest BCUT2D eigenvalue weighted by Gasteiger charge is 2.36. The predicted molar refractivity (Wildman–Crippen MR) is 80.3 cm³/mol. The van der Waals surface area contributed by atoms with Gasteiger partial charge in [0.15, 0.2) is 46.0 Å². The molecule has 2 aromatic carbocycles. The van der Waals surface area contributed by atoms with Crippen LogP contribution in [0.15, 0.2) is 0 Å². The molecule has 2 heterocycles. The third-order valence-electron chi connectivity index (χ3n) is 4.24. The van der Waals surface area contributed by atoms with Gasteiger partial charge in [-0.15, -0.1) is 0 Å². The molecular formula is C16H14O8. The molecule has 2 aromatic rings. The number of aromatic hydroxyl groups is 4. The SMILES string of the molecule is Cc1c(O)c(O)c(-c2c(O)c(O)c(C)c3c2OCO3)c2c1OCO2. The first-order chi connectivity index (χ1) is 11.4. The monoisotopic (exact) mass is 334 g/mol. The van der Waals surface area contributed by atoms with Crippen LogP contribution in [0.25, 0.3) is 11.1 Å². The highest BCUT2D eigenvalue weighted by atomic mass is 16.7. The molecule has 0 fully saturated rings. The third kappa shape index (κ3) is 1.62. The van der Waals surface area contributed by atoms with Crippen LogP contribution in [0.5, 0.6) is 46.0 Å². The molecule has 0 saturated carbocycles. The van der Waals surface area contributed by atoms with Crippen LogP contribution in [0.1, 0.15) is 11.1 Å². The number of phenols is 4. The minimum atomic E-state index is -0.520. The van der Waals surface area contributed by atoms with Gasteiger partial charge in [0, 0.05) is 11.1 Å². The molecule has 4 rings (SSSR count). The highest BCUT2D eigenvalue weighted by molar-refractivity contribution is 5.93. The van der Waals surface area contributed by atoms with E-state index in [9.17, 15) is 20.4 Å². The summed E-state index contributed by atoms with van der Waals surface area (Å²) in [6, 6.07) is 0. The average molecular weight is 334 g/mol. The molecule has 0 radical (unpaired) electrons. The van der Waals surface area contributed by atoms with E-state index in [-0.39, 0.29) is 47.7 Å². The van der Waals surface area contributed by atoms with Crippen LogP contribution in [-0.4, -0.2) is 34.0 Å². The van der Waals surface area contributed by atoms with Crippen molar-refractivity contribution < 1.29 is 39.4 Å².